The maximum Gasteiger partial charge on any atom is 0.256 e. The van der Waals surface area contributed by atoms with E-state index in [1.807, 2.05) is 12.1 Å². The Hall–Kier alpha value is -2.41. The van der Waals surface area contributed by atoms with Crippen molar-refractivity contribution >= 4 is 23.6 Å². The Morgan fingerprint density at radius 1 is 1.04 bits per heavy atom. The highest BCUT2D eigenvalue weighted by Gasteiger charge is 2.24. The van der Waals surface area contributed by atoms with Crippen LogP contribution in [0.2, 0.25) is 0 Å². The summed E-state index contributed by atoms with van der Waals surface area (Å²) in [6.45, 7) is 2.05. The number of thioether (sulfide) groups is 1. The van der Waals surface area contributed by atoms with Gasteiger partial charge in [0, 0.05) is 44.3 Å². The van der Waals surface area contributed by atoms with Crippen LogP contribution in [0, 0.1) is 5.82 Å². The number of hydrogen-bond donors (Lipinski definition) is 0. The normalized spacial score (nSPS) is 14.7. The van der Waals surface area contributed by atoms with Crippen LogP contribution in [0.15, 0.2) is 48.8 Å². The molecule has 3 rings (SSSR count). The first-order valence-corrected chi connectivity index (χ1v) is 10.1. The van der Waals surface area contributed by atoms with E-state index in [1.165, 1.54) is 12.1 Å². The standard InChI is InChI=1S/C20H22FN3O2S/c21-18-7-2-1-6-17(18)20(26)24-10-4-9-23(11-12-24)19(25)15-27-14-16-5-3-8-22-13-16/h1-3,5-8,13H,4,9-12,14-15H2. The average molecular weight is 387 g/mol. The van der Waals surface area contributed by atoms with Gasteiger partial charge in [0.25, 0.3) is 5.91 Å². The second kappa shape index (κ2) is 9.50. The van der Waals surface area contributed by atoms with E-state index in [0.717, 1.165) is 11.3 Å². The lowest BCUT2D eigenvalue weighted by Gasteiger charge is -2.22. The minimum atomic E-state index is -0.508. The highest BCUT2D eigenvalue weighted by molar-refractivity contribution is 7.99. The molecule has 0 spiro atoms. The second-order valence-electron chi connectivity index (χ2n) is 6.36. The molecule has 0 radical (unpaired) electrons. The van der Waals surface area contributed by atoms with Crippen molar-refractivity contribution in [3.63, 3.8) is 0 Å². The average Bonchev–Trinajstić information content (AvgIpc) is 2.95. The van der Waals surface area contributed by atoms with E-state index < -0.39 is 5.82 Å². The van der Waals surface area contributed by atoms with Crippen molar-refractivity contribution in [3.05, 3.63) is 65.7 Å². The van der Waals surface area contributed by atoms with Crippen LogP contribution < -0.4 is 0 Å². The zero-order chi connectivity index (χ0) is 19.1. The number of amides is 2. The number of hydrogen-bond acceptors (Lipinski definition) is 4. The van der Waals surface area contributed by atoms with Crippen LogP contribution in [0.1, 0.15) is 22.3 Å². The highest BCUT2D eigenvalue weighted by atomic mass is 32.2. The lowest BCUT2D eigenvalue weighted by atomic mass is 10.2. The Labute approximate surface area is 162 Å². The number of carbonyl (C=O) groups is 2. The van der Waals surface area contributed by atoms with Crippen LogP contribution in [0.25, 0.3) is 0 Å². The summed E-state index contributed by atoms with van der Waals surface area (Å²) in [5.41, 5.74) is 1.18. The lowest BCUT2D eigenvalue weighted by molar-refractivity contribution is -0.128. The van der Waals surface area contributed by atoms with Gasteiger partial charge in [-0.05, 0) is 30.2 Å². The molecule has 27 heavy (non-hydrogen) atoms. The monoisotopic (exact) mass is 387 g/mol. The Bertz CT molecular complexity index is 788. The summed E-state index contributed by atoms with van der Waals surface area (Å²) in [4.78, 5) is 32.5. The molecule has 0 aliphatic carbocycles. The molecule has 1 aromatic carbocycles. The van der Waals surface area contributed by atoms with Gasteiger partial charge in [-0.3, -0.25) is 14.6 Å². The summed E-state index contributed by atoms with van der Waals surface area (Å²) in [5, 5.41) is 0. The van der Waals surface area contributed by atoms with E-state index in [2.05, 4.69) is 4.98 Å². The number of benzene rings is 1. The van der Waals surface area contributed by atoms with Crippen molar-refractivity contribution in [1.82, 2.24) is 14.8 Å². The molecule has 0 unspecified atom stereocenters. The van der Waals surface area contributed by atoms with E-state index >= 15 is 0 Å². The number of halogens is 1. The predicted molar refractivity (Wildman–Crippen MR) is 104 cm³/mol. The molecule has 5 nitrogen and oxygen atoms in total. The van der Waals surface area contributed by atoms with E-state index in [1.54, 1.807) is 46.1 Å². The van der Waals surface area contributed by atoms with Gasteiger partial charge in [-0.15, -0.1) is 11.8 Å². The number of carbonyl (C=O) groups excluding carboxylic acids is 2. The summed E-state index contributed by atoms with van der Waals surface area (Å²) in [6, 6.07) is 9.89. The fourth-order valence-electron chi connectivity index (χ4n) is 3.01. The summed E-state index contributed by atoms with van der Waals surface area (Å²) < 4.78 is 13.9. The van der Waals surface area contributed by atoms with E-state index in [9.17, 15) is 14.0 Å². The molecule has 1 aromatic heterocycles. The van der Waals surface area contributed by atoms with E-state index in [0.29, 0.717) is 38.4 Å². The quantitative estimate of drug-likeness (QED) is 0.792. The highest BCUT2D eigenvalue weighted by Crippen LogP contribution is 2.15. The third-order valence-electron chi connectivity index (χ3n) is 4.46. The first kappa shape index (κ1) is 19.4. The molecule has 0 N–H and O–H groups in total. The molecule has 0 bridgehead atoms. The summed E-state index contributed by atoms with van der Waals surface area (Å²) in [6.07, 6.45) is 4.22. The SMILES string of the molecule is O=C(CSCc1cccnc1)N1CCCN(C(=O)c2ccccc2F)CC1. The molecule has 1 aliphatic heterocycles. The second-order valence-corrected chi connectivity index (χ2v) is 7.35. The maximum atomic E-state index is 13.9. The topological polar surface area (TPSA) is 53.5 Å². The molecule has 7 heteroatoms. The molecular formula is C20H22FN3O2S. The van der Waals surface area contributed by atoms with Crippen molar-refractivity contribution in [3.8, 4) is 0 Å². The number of nitrogens with zero attached hydrogens (tertiary/aromatic N) is 3. The van der Waals surface area contributed by atoms with Gasteiger partial charge in [0.1, 0.15) is 5.82 Å². The maximum absolute atomic E-state index is 13.9. The fraction of sp³-hybridized carbons (Fsp3) is 0.350. The van der Waals surface area contributed by atoms with Gasteiger partial charge in [0.2, 0.25) is 5.91 Å². The number of aromatic nitrogens is 1. The van der Waals surface area contributed by atoms with Gasteiger partial charge in [-0.1, -0.05) is 18.2 Å². The molecule has 0 atom stereocenters. The van der Waals surface area contributed by atoms with Gasteiger partial charge >= 0.3 is 0 Å². The predicted octanol–water partition coefficient (Wildman–Crippen LogP) is 2.83. The Kier molecular flexibility index (Phi) is 6.81. The van der Waals surface area contributed by atoms with Crippen LogP contribution >= 0.6 is 11.8 Å². The number of rotatable bonds is 5. The van der Waals surface area contributed by atoms with Gasteiger partial charge in [-0.25, -0.2) is 4.39 Å². The summed E-state index contributed by atoms with van der Waals surface area (Å²) in [7, 11) is 0. The van der Waals surface area contributed by atoms with Crippen molar-refractivity contribution < 1.29 is 14.0 Å². The largest absolute Gasteiger partial charge is 0.340 e. The Balaban J connectivity index is 1.49. The molecule has 2 aromatic rings. The first-order chi connectivity index (χ1) is 13.1. The zero-order valence-corrected chi connectivity index (χ0v) is 15.8. The van der Waals surface area contributed by atoms with E-state index in [4.69, 9.17) is 0 Å². The molecule has 1 fully saturated rings. The summed E-state index contributed by atoms with van der Waals surface area (Å²) >= 11 is 1.56. The molecule has 2 amide bonds. The van der Waals surface area contributed by atoms with Crippen molar-refractivity contribution in [2.75, 3.05) is 31.9 Å². The molecule has 2 heterocycles. The number of pyridine rings is 1. The van der Waals surface area contributed by atoms with Crippen LogP contribution in [0.5, 0.6) is 0 Å². The van der Waals surface area contributed by atoms with Gasteiger partial charge in [-0.2, -0.15) is 0 Å². The van der Waals surface area contributed by atoms with Crippen LogP contribution in [-0.4, -0.2) is 58.5 Å². The third kappa shape index (κ3) is 5.29. The van der Waals surface area contributed by atoms with Crippen molar-refractivity contribution in [2.24, 2.45) is 0 Å². The Morgan fingerprint density at radius 2 is 1.81 bits per heavy atom. The molecule has 1 saturated heterocycles. The molecular weight excluding hydrogens is 365 g/mol. The van der Waals surface area contributed by atoms with Gasteiger partial charge in [0.15, 0.2) is 0 Å². The Morgan fingerprint density at radius 3 is 2.59 bits per heavy atom. The van der Waals surface area contributed by atoms with Crippen LogP contribution in [0.4, 0.5) is 4.39 Å². The first-order valence-electron chi connectivity index (χ1n) is 8.93. The van der Waals surface area contributed by atoms with Gasteiger partial charge < -0.3 is 9.80 Å². The third-order valence-corrected chi connectivity index (χ3v) is 5.45. The minimum Gasteiger partial charge on any atom is -0.340 e. The minimum absolute atomic E-state index is 0.0732. The van der Waals surface area contributed by atoms with Crippen LogP contribution in [0.3, 0.4) is 0 Å². The van der Waals surface area contributed by atoms with Crippen LogP contribution in [-0.2, 0) is 10.5 Å². The molecule has 142 valence electrons. The van der Waals surface area contributed by atoms with Crippen molar-refractivity contribution in [2.45, 2.75) is 12.2 Å². The van der Waals surface area contributed by atoms with Gasteiger partial charge in [0.05, 0.1) is 11.3 Å². The van der Waals surface area contributed by atoms with E-state index in [-0.39, 0.29) is 17.4 Å². The summed E-state index contributed by atoms with van der Waals surface area (Å²) in [5.74, 6) is 0.394. The molecule has 0 saturated carbocycles. The smallest absolute Gasteiger partial charge is 0.256 e. The van der Waals surface area contributed by atoms with Crippen molar-refractivity contribution in [1.29, 1.82) is 0 Å². The lowest BCUT2D eigenvalue weighted by Crippen LogP contribution is -2.38. The zero-order valence-electron chi connectivity index (χ0n) is 15.0. The molecule has 1 aliphatic rings. The fourth-order valence-corrected chi connectivity index (χ4v) is 3.87.